The zero-order chi connectivity index (χ0) is 9.45. The van der Waals surface area contributed by atoms with Crippen LogP contribution >= 0.6 is 15.9 Å². The van der Waals surface area contributed by atoms with Crippen LogP contribution in [0.1, 0.15) is 26.7 Å². The molecule has 0 rings (SSSR count). The summed E-state index contributed by atoms with van der Waals surface area (Å²) in [6.07, 6.45) is 4.11. The van der Waals surface area contributed by atoms with Gasteiger partial charge in [-0.05, 0) is 12.8 Å². The van der Waals surface area contributed by atoms with E-state index in [-0.39, 0.29) is 0 Å². The lowest BCUT2D eigenvalue weighted by molar-refractivity contribution is 0.0686. The van der Waals surface area contributed by atoms with Crippen molar-refractivity contribution in [2.45, 2.75) is 26.7 Å². The maximum absolute atomic E-state index is 5.47. The summed E-state index contributed by atoms with van der Waals surface area (Å²) in [6.45, 7) is 9.53. The number of rotatable bonds is 7. The summed E-state index contributed by atoms with van der Waals surface area (Å²) in [4.78, 5) is 0. The number of hydrogen-bond donors (Lipinski definition) is 0. The van der Waals surface area contributed by atoms with Gasteiger partial charge in [0.15, 0.2) is 0 Å². The molecular weight excluding hydrogens is 216 g/mol. The third-order valence-electron chi connectivity index (χ3n) is 2.43. The minimum Gasteiger partial charge on any atom is -0.377 e. The number of halogens is 1. The Morgan fingerprint density at radius 3 is 2.33 bits per heavy atom. The molecule has 0 unspecified atom stereocenters. The highest BCUT2D eigenvalue weighted by atomic mass is 79.9. The van der Waals surface area contributed by atoms with E-state index in [9.17, 15) is 0 Å². The molecule has 12 heavy (non-hydrogen) atoms. The van der Waals surface area contributed by atoms with Crippen molar-refractivity contribution in [1.29, 1.82) is 0 Å². The molecule has 0 bridgehead atoms. The normalized spacial score (nSPS) is 11.6. The van der Waals surface area contributed by atoms with E-state index in [2.05, 4.69) is 36.4 Å². The van der Waals surface area contributed by atoms with Crippen molar-refractivity contribution >= 4 is 15.9 Å². The Labute approximate surface area is 84.3 Å². The fraction of sp³-hybridized carbons (Fsp3) is 0.800. The zero-order valence-corrected chi connectivity index (χ0v) is 9.69. The summed E-state index contributed by atoms with van der Waals surface area (Å²) in [5.74, 6) is 0. The second-order valence-corrected chi connectivity index (χ2v) is 3.71. The largest absolute Gasteiger partial charge is 0.377 e. The molecule has 72 valence electrons. The van der Waals surface area contributed by atoms with Crippen LogP contribution < -0.4 is 0 Å². The van der Waals surface area contributed by atoms with Gasteiger partial charge in [-0.3, -0.25) is 0 Å². The number of alkyl halides is 1. The first kappa shape index (κ1) is 12.2. The quantitative estimate of drug-likeness (QED) is 0.373. The highest BCUT2D eigenvalue weighted by Crippen LogP contribution is 2.28. The molecule has 0 aliphatic carbocycles. The van der Waals surface area contributed by atoms with Crippen LogP contribution in [0, 0.1) is 5.41 Å². The molecule has 0 aromatic heterocycles. The Hall–Kier alpha value is 0.180. The fourth-order valence-corrected chi connectivity index (χ4v) is 2.00. The van der Waals surface area contributed by atoms with Gasteiger partial charge < -0.3 is 4.74 Å². The van der Waals surface area contributed by atoms with Crippen LogP contribution in [-0.2, 0) is 4.74 Å². The van der Waals surface area contributed by atoms with Gasteiger partial charge in [-0.2, -0.15) is 0 Å². The first-order chi connectivity index (χ1) is 5.74. The first-order valence-corrected chi connectivity index (χ1v) is 5.61. The van der Waals surface area contributed by atoms with E-state index < -0.39 is 0 Å². The van der Waals surface area contributed by atoms with E-state index in [1.54, 1.807) is 6.08 Å². The molecule has 0 spiro atoms. The molecule has 0 fully saturated rings. The molecule has 0 aliphatic rings. The standard InChI is InChI=1S/C10H19BrO/c1-4-7-12-9-10(5-2,6-3)8-11/h4H,1,5-9H2,2-3H3. The van der Waals surface area contributed by atoms with E-state index in [0.717, 1.165) is 24.8 Å². The van der Waals surface area contributed by atoms with Crippen LogP contribution in [0.2, 0.25) is 0 Å². The summed E-state index contributed by atoms with van der Waals surface area (Å²) >= 11 is 3.54. The summed E-state index contributed by atoms with van der Waals surface area (Å²) in [5.41, 5.74) is 0.322. The summed E-state index contributed by atoms with van der Waals surface area (Å²) in [6, 6.07) is 0. The predicted molar refractivity (Wildman–Crippen MR) is 57.8 cm³/mol. The summed E-state index contributed by atoms with van der Waals surface area (Å²) in [5, 5.41) is 1.02. The van der Waals surface area contributed by atoms with Gasteiger partial charge in [0.1, 0.15) is 0 Å². The van der Waals surface area contributed by atoms with E-state index in [0.29, 0.717) is 12.0 Å². The van der Waals surface area contributed by atoms with Crippen molar-refractivity contribution in [2.75, 3.05) is 18.5 Å². The molecule has 0 saturated heterocycles. The molecule has 1 nitrogen and oxygen atoms in total. The van der Waals surface area contributed by atoms with E-state index in [4.69, 9.17) is 4.74 Å². The molecule has 2 heteroatoms. The third-order valence-corrected chi connectivity index (χ3v) is 3.62. The van der Waals surface area contributed by atoms with Gasteiger partial charge in [-0.15, -0.1) is 6.58 Å². The molecule has 0 atom stereocenters. The molecule has 0 saturated carbocycles. The Morgan fingerprint density at radius 1 is 1.42 bits per heavy atom. The minimum absolute atomic E-state index is 0.322. The SMILES string of the molecule is C=CCOCC(CC)(CC)CBr. The second kappa shape index (κ2) is 6.67. The topological polar surface area (TPSA) is 9.23 Å². The van der Waals surface area contributed by atoms with Crippen LogP contribution in [0.15, 0.2) is 12.7 Å². The Morgan fingerprint density at radius 2 is 2.00 bits per heavy atom. The highest BCUT2D eigenvalue weighted by molar-refractivity contribution is 9.09. The van der Waals surface area contributed by atoms with Gasteiger partial charge in [-0.25, -0.2) is 0 Å². The molecule has 0 heterocycles. The fourth-order valence-electron chi connectivity index (χ4n) is 1.04. The lowest BCUT2D eigenvalue weighted by atomic mass is 9.86. The summed E-state index contributed by atoms with van der Waals surface area (Å²) in [7, 11) is 0. The predicted octanol–water partition coefficient (Wildman–Crippen LogP) is 3.39. The maximum Gasteiger partial charge on any atom is 0.0645 e. The molecule has 0 aromatic carbocycles. The number of ether oxygens (including phenoxy) is 1. The van der Waals surface area contributed by atoms with Gasteiger partial charge in [-0.1, -0.05) is 35.9 Å². The molecule has 0 N–H and O–H groups in total. The average molecular weight is 235 g/mol. The van der Waals surface area contributed by atoms with Crippen molar-refractivity contribution in [2.24, 2.45) is 5.41 Å². The second-order valence-electron chi connectivity index (χ2n) is 3.14. The van der Waals surface area contributed by atoms with Crippen molar-refractivity contribution in [3.63, 3.8) is 0 Å². The smallest absolute Gasteiger partial charge is 0.0645 e. The molecule has 0 amide bonds. The zero-order valence-electron chi connectivity index (χ0n) is 8.11. The molecule has 0 aliphatic heterocycles. The van der Waals surface area contributed by atoms with E-state index in [1.165, 1.54) is 0 Å². The van der Waals surface area contributed by atoms with Crippen molar-refractivity contribution < 1.29 is 4.74 Å². The third kappa shape index (κ3) is 3.72. The van der Waals surface area contributed by atoms with Gasteiger partial charge in [0.25, 0.3) is 0 Å². The van der Waals surface area contributed by atoms with Crippen LogP contribution in [0.5, 0.6) is 0 Å². The number of hydrogen-bond acceptors (Lipinski definition) is 1. The molecule has 0 radical (unpaired) electrons. The van der Waals surface area contributed by atoms with Crippen molar-refractivity contribution in [3.05, 3.63) is 12.7 Å². The lowest BCUT2D eigenvalue weighted by Crippen LogP contribution is -2.27. The molecule has 0 aromatic rings. The van der Waals surface area contributed by atoms with E-state index in [1.807, 2.05) is 0 Å². The van der Waals surface area contributed by atoms with Crippen LogP contribution in [-0.4, -0.2) is 18.5 Å². The Balaban J connectivity index is 3.84. The first-order valence-electron chi connectivity index (χ1n) is 4.49. The van der Waals surface area contributed by atoms with Gasteiger partial charge in [0.05, 0.1) is 13.2 Å². The van der Waals surface area contributed by atoms with Crippen molar-refractivity contribution in [3.8, 4) is 0 Å². The average Bonchev–Trinajstić information content (AvgIpc) is 2.14. The van der Waals surface area contributed by atoms with Crippen LogP contribution in [0.4, 0.5) is 0 Å². The van der Waals surface area contributed by atoms with Gasteiger partial charge in [0, 0.05) is 10.7 Å². The van der Waals surface area contributed by atoms with Crippen molar-refractivity contribution in [1.82, 2.24) is 0 Å². The Bertz CT molecular complexity index is 111. The summed E-state index contributed by atoms with van der Waals surface area (Å²) < 4.78 is 5.47. The highest BCUT2D eigenvalue weighted by Gasteiger charge is 2.24. The maximum atomic E-state index is 5.47. The van der Waals surface area contributed by atoms with Crippen LogP contribution in [0.25, 0.3) is 0 Å². The monoisotopic (exact) mass is 234 g/mol. The van der Waals surface area contributed by atoms with Crippen LogP contribution in [0.3, 0.4) is 0 Å². The Kier molecular flexibility index (Phi) is 6.77. The van der Waals surface area contributed by atoms with Gasteiger partial charge >= 0.3 is 0 Å². The minimum atomic E-state index is 0.322. The lowest BCUT2D eigenvalue weighted by Gasteiger charge is -2.28. The van der Waals surface area contributed by atoms with E-state index >= 15 is 0 Å². The van der Waals surface area contributed by atoms with Gasteiger partial charge in [0.2, 0.25) is 0 Å². The molecular formula is C10H19BrO.